The fourth-order valence-corrected chi connectivity index (χ4v) is 6.04. The quantitative estimate of drug-likeness (QED) is 0.303. The van der Waals surface area contributed by atoms with Crippen LogP contribution >= 0.6 is 0 Å². The third-order valence-corrected chi connectivity index (χ3v) is 12.6. The number of benzene rings is 1. The molecule has 0 amide bonds. The number of pyridine rings is 2. The molecule has 37 heavy (non-hydrogen) atoms. The fourth-order valence-electron chi connectivity index (χ4n) is 4.66. The van der Waals surface area contributed by atoms with E-state index in [0.29, 0.717) is 23.5 Å². The lowest BCUT2D eigenvalue weighted by molar-refractivity contribution is 0.0395. The molecule has 1 unspecified atom stereocenters. The first-order valence-corrected chi connectivity index (χ1v) is 15.9. The molecule has 5 rings (SSSR count). The van der Waals surface area contributed by atoms with Crippen LogP contribution in [0.1, 0.15) is 51.0 Å². The normalized spacial score (nSPS) is 19.1. The molecule has 1 aromatic carbocycles. The van der Waals surface area contributed by atoms with Crippen LogP contribution in [0.2, 0.25) is 18.1 Å². The van der Waals surface area contributed by atoms with Crippen LogP contribution in [0.25, 0.3) is 28.0 Å². The zero-order chi connectivity index (χ0) is 26.4. The van der Waals surface area contributed by atoms with Crippen molar-refractivity contribution in [2.75, 3.05) is 0 Å². The monoisotopic (exact) mass is 515 g/mol. The van der Waals surface area contributed by atoms with Crippen LogP contribution in [-0.4, -0.2) is 39.3 Å². The Morgan fingerprint density at radius 1 is 1.08 bits per heavy atom. The van der Waals surface area contributed by atoms with Gasteiger partial charge in [0.1, 0.15) is 0 Å². The van der Waals surface area contributed by atoms with Crippen molar-refractivity contribution in [3.05, 3.63) is 72.2 Å². The summed E-state index contributed by atoms with van der Waals surface area (Å²) in [5, 5.41) is 15.2. The van der Waals surface area contributed by atoms with Crippen molar-refractivity contribution in [2.24, 2.45) is 11.7 Å². The Labute approximate surface area is 219 Å². The van der Waals surface area contributed by atoms with Crippen LogP contribution in [0.4, 0.5) is 0 Å². The molecule has 8 heteroatoms. The Hall–Kier alpha value is -2.91. The van der Waals surface area contributed by atoms with Gasteiger partial charge in [-0.05, 0) is 67.2 Å². The van der Waals surface area contributed by atoms with Gasteiger partial charge in [-0.3, -0.25) is 4.98 Å². The van der Waals surface area contributed by atoms with E-state index < -0.39 is 8.32 Å². The first-order chi connectivity index (χ1) is 17.6. The Morgan fingerprint density at radius 3 is 2.57 bits per heavy atom. The van der Waals surface area contributed by atoms with Crippen LogP contribution in [0.5, 0.6) is 0 Å². The molecule has 3 aromatic heterocycles. The molecule has 0 saturated heterocycles. The summed E-state index contributed by atoms with van der Waals surface area (Å²) in [5.74, 6) is 1.05. The van der Waals surface area contributed by atoms with E-state index in [4.69, 9.17) is 15.1 Å². The second-order valence-corrected chi connectivity index (χ2v) is 16.4. The maximum atomic E-state index is 9.48. The highest BCUT2D eigenvalue weighted by atomic mass is 28.4. The van der Waals surface area contributed by atoms with E-state index in [9.17, 15) is 5.11 Å². The van der Waals surface area contributed by atoms with E-state index in [-0.39, 0.29) is 17.7 Å². The van der Waals surface area contributed by atoms with E-state index in [1.807, 2.05) is 42.6 Å². The van der Waals surface area contributed by atoms with Crippen molar-refractivity contribution >= 4 is 19.2 Å². The van der Waals surface area contributed by atoms with Gasteiger partial charge in [0.25, 0.3) is 0 Å². The Kier molecular flexibility index (Phi) is 6.78. The maximum absolute atomic E-state index is 9.48. The highest BCUT2D eigenvalue weighted by Crippen LogP contribution is 2.44. The molecule has 0 spiro atoms. The minimum Gasteiger partial charge on any atom is -0.414 e. The number of hydrogen-bond acceptors (Lipinski definition) is 6. The molecule has 1 saturated carbocycles. The van der Waals surface area contributed by atoms with Crippen molar-refractivity contribution in [1.29, 1.82) is 0 Å². The van der Waals surface area contributed by atoms with Gasteiger partial charge < -0.3 is 15.3 Å². The summed E-state index contributed by atoms with van der Waals surface area (Å²) >= 11 is 0. The van der Waals surface area contributed by atoms with E-state index in [0.717, 1.165) is 40.7 Å². The van der Waals surface area contributed by atoms with Gasteiger partial charge in [0.2, 0.25) is 0 Å². The third-order valence-electron chi connectivity index (χ3n) is 8.06. The predicted molar refractivity (Wildman–Crippen MR) is 150 cm³/mol. The van der Waals surface area contributed by atoms with Gasteiger partial charge in [0.05, 0.1) is 41.4 Å². The summed E-state index contributed by atoms with van der Waals surface area (Å²) in [7, 11) is -1.77. The van der Waals surface area contributed by atoms with Crippen molar-refractivity contribution in [1.82, 2.24) is 19.7 Å². The zero-order valence-corrected chi connectivity index (χ0v) is 23.3. The molecule has 1 atom stereocenters. The standard InChI is InChI=1S/C29H37N5O2Si/c1-29(2,3)37(4,5)36-23-14-21(15-23)28(30)25-10-7-9-24(33-25)19-12-13-20-17-31-34(26(20)16-19)27-11-6-8-22(18-35)32-27/h6-13,16-17,21,23,28,35H,14-15,18,30H2,1-5H3/t21-,23+,28?. The molecular weight excluding hydrogens is 478 g/mol. The fraction of sp³-hybridized carbons (Fsp3) is 0.414. The molecule has 0 bridgehead atoms. The minimum atomic E-state index is -1.77. The molecular formula is C29H37N5O2Si. The SMILES string of the molecule is CC(C)(C)[Si](C)(C)O[C@H]1C[C@@H](C(N)c2cccc(-c3ccc4cnn(-c5cccc(CO)n5)c4c3)n2)C1. The summed E-state index contributed by atoms with van der Waals surface area (Å²) in [5.41, 5.74) is 11.0. The molecule has 3 heterocycles. The number of nitrogens with two attached hydrogens (primary N) is 1. The van der Waals surface area contributed by atoms with Crippen molar-refractivity contribution in [3.63, 3.8) is 0 Å². The second kappa shape index (κ2) is 9.76. The topological polar surface area (TPSA) is 99.1 Å². The lowest BCUT2D eigenvalue weighted by atomic mass is 9.76. The highest BCUT2D eigenvalue weighted by molar-refractivity contribution is 6.74. The smallest absolute Gasteiger partial charge is 0.192 e. The van der Waals surface area contributed by atoms with Gasteiger partial charge in [0, 0.05) is 17.1 Å². The molecule has 1 fully saturated rings. The molecule has 0 radical (unpaired) electrons. The van der Waals surface area contributed by atoms with Crippen LogP contribution in [-0.2, 0) is 11.0 Å². The number of nitrogens with zero attached hydrogens (tertiary/aromatic N) is 4. The van der Waals surface area contributed by atoms with Crippen molar-refractivity contribution in [2.45, 2.75) is 70.5 Å². The summed E-state index contributed by atoms with van der Waals surface area (Å²) in [4.78, 5) is 9.48. The van der Waals surface area contributed by atoms with Crippen molar-refractivity contribution < 1.29 is 9.53 Å². The maximum Gasteiger partial charge on any atom is 0.192 e. The number of aliphatic hydroxyl groups is 1. The van der Waals surface area contributed by atoms with Gasteiger partial charge in [-0.2, -0.15) is 5.10 Å². The average molecular weight is 516 g/mol. The van der Waals surface area contributed by atoms with E-state index in [2.05, 4.69) is 56.1 Å². The Morgan fingerprint density at radius 2 is 1.84 bits per heavy atom. The van der Waals surface area contributed by atoms with Gasteiger partial charge in [-0.1, -0.05) is 45.0 Å². The van der Waals surface area contributed by atoms with Crippen LogP contribution in [0.15, 0.2) is 60.8 Å². The molecule has 0 aliphatic heterocycles. The average Bonchev–Trinajstić information content (AvgIpc) is 3.28. The van der Waals surface area contributed by atoms with Gasteiger partial charge >= 0.3 is 0 Å². The number of aliphatic hydroxyl groups excluding tert-OH is 1. The second-order valence-electron chi connectivity index (χ2n) is 11.7. The van der Waals surface area contributed by atoms with Gasteiger partial charge in [-0.15, -0.1) is 0 Å². The number of hydrogen-bond donors (Lipinski definition) is 2. The summed E-state index contributed by atoms with van der Waals surface area (Å²) < 4.78 is 8.37. The molecule has 7 nitrogen and oxygen atoms in total. The third kappa shape index (κ3) is 5.11. The van der Waals surface area contributed by atoms with E-state index in [1.165, 1.54) is 0 Å². The molecule has 4 aromatic rings. The summed E-state index contributed by atoms with van der Waals surface area (Å²) in [6.07, 6.45) is 4.11. The van der Waals surface area contributed by atoms with Crippen LogP contribution in [0, 0.1) is 5.92 Å². The number of rotatable bonds is 7. The van der Waals surface area contributed by atoms with Gasteiger partial charge in [-0.25, -0.2) is 9.67 Å². The molecule has 1 aliphatic carbocycles. The van der Waals surface area contributed by atoms with E-state index >= 15 is 0 Å². The molecule has 3 N–H and O–H groups in total. The van der Waals surface area contributed by atoms with Crippen LogP contribution in [0.3, 0.4) is 0 Å². The highest BCUT2D eigenvalue weighted by Gasteiger charge is 2.43. The first-order valence-electron chi connectivity index (χ1n) is 13.0. The number of fused-ring (bicyclic) bond motifs is 1. The van der Waals surface area contributed by atoms with Crippen LogP contribution < -0.4 is 5.73 Å². The lowest BCUT2D eigenvalue weighted by Crippen LogP contribution is -2.49. The zero-order valence-electron chi connectivity index (χ0n) is 22.3. The van der Waals surface area contributed by atoms with Gasteiger partial charge in [0.15, 0.2) is 14.1 Å². The number of aromatic nitrogens is 4. The Bertz CT molecular complexity index is 1400. The summed E-state index contributed by atoms with van der Waals surface area (Å²) in [6, 6.07) is 17.7. The lowest BCUT2D eigenvalue weighted by Gasteiger charge is -2.46. The Balaban J connectivity index is 1.35. The first kappa shape index (κ1) is 25.7. The van der Waals surface area contributed by atoms with Crippen molar-refractivity contribution in [3.8, 4) is 17.1 Å². The van der Waals surface area contributed by atoms with E-state index in [1.54, 1.807) is 10.7 Å². The molecule has 1 aliphatic rings. The predicted octanol–water partition coefficient (Wildman–Crippen LogP) is 5.78. The molecule has 194 valence electrons. The summed E-state index contributed by atoms with van der Waals surface area (Å²) in [6.45, 7) is 11.4. The minimum absolute atomic E-state index is 0.112. The largest absolute Gasteiger partial charge is 0.414 e.